The summed E-state index contributed by atoms with van der Waals surface area (Å²) in [5, 5.41) is 2.62. The summed E-state index contributed by atoms with van der Waals surface area (Å²) in [6.45, 7) is 8.80. The fourth-order valence-electron chi connectivity index (χ4n) is 3.17. The van der Waals surface area contributed by atoms with Crippen LogP contribution in [0.2, 0.25) is 0 Å². The first-order valence-corrected chi connectivity index (χ1v) is 10.4. The molecule has 0 saturated carbocycles. The lowest BCUT2D eigenvalue weighted by Crippen LogP contribution is -2.42. The van der Waals surface area contributed by atoms with Gasteiger partial charge in [0.1, 0.15) is 0 Å². The molecule has 0 fully saturated rings. The first kappa shape index (κ1) is 20.0. The van der Waals surface area contributed by atoms with Crippen LogP contribution in [0.1, 0.15) is 29.2 Å². The van der Waals surface area contributed by atoms with Gasteiger partial charge in [0.15, 0.2) is 0 Å². The molecule has 0 radical (unpaired) electrons. The number of aromatic nitrogens is 2. The van der Waals surface area contributed by atoms with Crippen molar-refractivity contribution in [3.63, 3.8) is 0 Å². The molecule has 1 amide bonds. The van der Waals surface area contributed by atoms with Crippen molar-refractivity contribution in [2.45, 2.75) is 45.6 Å². The van der Waals surface area contributed by atoms with Crippen LogP contribution in [0, 0.1) is 27.7 Å². The minimum atomic E-state index is -3.87. The van der Waals surface area contributed by atoms with E-state index in [2.05, 4.69) is 20.0 Å². The van der Waals surface area contributed by atoms with E-state index in [1.807, 2.05) is 44.2 Å². The highest BCUT2D eigenvalue weighted by molar-refractivity contribution is 7.89. The molecule has 3 rings (SSSR count). The third kappa shape index (κ3) is 3.79. The summed E-state index contributed by atoms with van der Waals surface area (Å²) in [5.41, 5.74) is 4.65. The molecular weight excluding hydrogens is 376 g/mol. The summed E-state index contributed by atoms with van der Waals surface area (Å²) in [6, 6.07) is 8.35. The maximum absolute atomic E-state index is 13.0. The fourth-order valence-corrected chi connectivity index (χ4v) is 4.98. The summed E-state index contributed by atoms with van der Waals surface area (Å²) in [6.07, 6.45) is 0. The number of nitrogens with zero attached hydrogens (tertiary/aromatic N) is 1. The van der Waals surface area contributed by atoms with Gasteiger partial charge in [-0.25, -0.2) is 13.4 Å². The Kier molecular flexibility index (Phi) is 5.27. The quantitative estimate of drug-likeness (QED) is 0.612. The molecule has 0 aliphatic heterocycles. The Labute approximate surface area is 164 Å². The molecule has 1 aromatic heterocycles. The maximum atomic E-state index is 13.0. The van der Waals surface area contributed by atoms with Crippen LogP contribution in [0.15, 0.2) is 35.2 Å². The Morgan fingerprint density at radius 3 is 2.29 bits per heavy atom. The number of aromatic amines is 1. The third-order valence-corrected chi connectivity index (χ3v) is 6.74. The molecule has 0 aliphatic carbocycles. The lowest BCUT2D eigenvalue weighted by Gasteiger charge is -2.18. The number of hydrogen-bond acceptors (Lipinski definition) is 4. The van der Waals surface area contributed by atoms with Crippen molar-refractivity contribution in [3.8, 4) is 0 Å². The molecule has 1 atom stereocenters. The number of rotatable bonds is 5. The van der Waals surface area contributed by atoms with E-state index >= 15 is 0 Å². The minimum absolute atomic E-state index is 0.230. The normalized spacial score (nSPS) is 12.9. The van der Waals surface area contributed by atoms with E-state index in [0.29, 0.717) is 16.6 Å². The van der Waals surface area contributed by atoms with Gasteiger partial charge in [-0.05, 0) is 69.0 Å². The van der Waals surface area contributed by atoms with Crippen LogP contribution in [-0.4, -0.2) is 30.3 Å². The number of carbonyl (C=O) groups excluding carboxylic acids is 1. The highest BCUT2D eigenvalue weighted by Crippen LogP contribution is 2.26. The Morgan fingerprint density at radius 2 is 1.68 bits per heavy atom. The first-order valence-electron chi connectivity index (χ1n) is 8.95. The van der Waals surface area contributed by atoms with Crippen molar-refractivity contribution >= 4 is 32.9 Å². The van der Waals surface area contributed by atoms with Crippen molar-refractivity contribution in [2.24, 2.45) is 0 Å². The summed E-state index contributed by atoms with van der Waals surface area (Å²) < 4.78 is 28.4. The zero-order chi connectivity index (χ0) is 20.6. The number of imidazole rings is 1. The number of aryl methyl sites for hydroxylation is 2. The number of nitrogens with one attached hydrogen (secondary N) is 3. The van der Waals surface area contributed by atoms with E-state index in [0.717, 1.165) is 16.6 Å². The molecule has 3 aromatic rings. The van der Waals surface area contributed by atoms with E-state index in [1.54, 1.807) is 13.8 Å². The number of amides is 1. The molecule has 7 nitrogen and oxygen atoms in total. The fraction of sp³-hybridized carbons (Fsp3) is 0.300. The van der Waals surface area contributed by atoms with Gasteiger partial charge in [0.05, 0.1) is 22.0 Å². The number of hydrogen-bond donors (Lipinski definition) is 3. The summed E-state index contributed by atoms with van der Waals surface area (Å²) in [5.74, 6) is -0.224. The molecule has 0 unspecified atom stereocenters. The van der Waals surface area contributed by atoms with Crippen molar-refractivity contribution in [2.75, 3.05) is 5.32 Å². The van der Waals surface area contributed by atoms with Crippen LogP contribution in [0.3, 0.4) is 0 Å². The van der Waals surface area contributed by atoms with Crippen molar-refractivity contribution < 1.29 is 13.2 Å². The van der Waals surface area contributed by atoms with Crippen molar-refractivity contribution in [1.29, 1.82) is 0 Å². The average molecular weight is 401 g/mol. The standard InChI is InChI=1S/C20H24N4O3S/c1-11-10-12(2)14(4)18(13(11)3)28(26,27)24-15(5)19(25)23-20-21-16-8-6-7-9-17(16)22-20/h6-10,15,24H,1-5H3,(H2,21,22,23,25)/t15-/m0/s1. The van der Waals surface area contributed by atoms with Gasteiger partial charge in [-0.2, -0.15) is 4.72 Å². The zero-order valence-electron chi connectivity index (χ0n) is 16.5. The van der Waals surface area contributed by atoms with Crippen LogP contribution in [0.5, 0.6) is 0 Å². The molecule has 2 aromatic carbocycles. The number of anilines is 1. The van der Waals surface area contributed by atoms with Crippen LogP contribution < -0.4 is 10.0 Å². The molecular formula is C20H24N4O3S. The Hall–Kier alpha value is -2.71. The second kappa shape index (κ2) is 7.37. The monoisotopic (exact) mass is 400 g/mol. The van der Waals surface area contributed by atoms with Gasteiger partial charge in [0.25, 0.3) is 0 Å². The highest BCUT2D eigenvalue weighted by Gasteiger charge is 2.26. The Balaban J connectivity index is 1.81. The van der Waals surface area contributed by atoms with Gasteiger partial charge in [-0.1, -0.05) is 18.2 Å². The zero-order valence-corrected chi connectivity index (χ0v) is 17.4. The van der Waals surface area contributed by atoms with Crippen molar-refractivity contribution in [3.05, 3.63) is 52.6 Å². The number of fused-ring (bicyclic) bond motifs is 1. The van der Waals surface area contributed by atoms with E-state index in [1.165, 1.54) is 6.92 Å². The van der Waals surface area contributed by atoms with E-state index in [4.69, 9.17) is 0 Å². The van der Waals surface area contributed by atoms with Crippen LogP contribution in [0.25, 0.3) is 11.0 Å². The first-order chi connectivity index (χ1) is 13.1. The smallest absolute Gasteiger partial charge is 0.244 e. The molecule has 0 bridgehead atoms. The lowest BCUT2D eigenvalue weighted by molar-refractivity contribution is -0.117. The Bertz CT molecular complexity index is 1110. The van der Waals surface area contributed by atoms with Gasteiger partial charge in [-0.15, -0.1) is 0 Å². The number of H-pyrrole nitrogens is 1. The Morgan fingerprint density at radius 1 is 1.07 bits per heavy atom. The number of benzene rings is 2. The van der Waals surface area contributed by atoms with Gasteiger partial charge in [-0.3, -0.25) is 10.1 Å². The van der Waals surface area contributed by atoms with Crippen molar-refractivity contribution in [1.82, 2.24) is 14.7 Å². The topological polar surface area (TPSA) is 104 Å². The third-order valence-electron chi connectivity index (χ3n) is 4.92. The molecule has 0 spiro atoms. The maximum Gasteiger partial charge on any atom is 0.244 e. The summed E-state index contributed by atoms with van der Waals surface area (Å²) in [7, 11) is -3.87. The van der Waals surface area contributed by atoms with E-state index in [-0.39, 0.29) is 10.8 Å². The van der Waals surface area contributed by atoms with Crippen LogP contribution in [-0.2, 0) is 14.8 Å². The van der Waals surface area contributed by atoms with Gasteiger partial charge in [0, 0.05) is 0 Å². The summed E-state index contributed by atoms with van der Waals surface area (Å²) in [4.78, 5) is 20.0. The molecule has 1 heterocycles. The van der Waals surface area contributed by atoms with Crippen LogP contribution >= 0.6 is 0 Å². The minimum Gasteiger partial charge on any atom is -0.324 e. The SMILES string of the molecule is Cc1cc(C)c(C)c(S(=O)(=O)N[C@@H](C)C(=O)Nc2nc3ccccc3[nH]2)c1C. The van der Waals surface area contributed by atoms with Gasteiger partial charge in [0.2, 0.25) is 21.9 Å². The predicted octanol–water partition coefficient (Wildman–Crippen LogP) is 3.10. The largest absolute Gasteiger partial charge is 0.324 e. The molecule has 0 saturated heterocycles. The molecule has 28 heavy (non-hydrogen) atoms. The van der Waals surface area contributed by atoms with E-state index in [9.17, 15) is 13.2 Å². The summed E-state index contributed by atoms with van der Waals surface area (Å²) >= 11 is 0. The molecule has 0 aliphatic rings. The molecule has 3 N–H and O–H groups in total. The lowest BCUT2D eigenvalue weighted by atomic mass is 10.0. The number of sulfonamides is 1. The molecule has 148 valence electrons. The predicted molar refractivity (Wildman–Crippen MR) is 110 cm³/mol. The van der Waals surface area contributed by atoms with Gasteiger partial charge >= 0.3 is 0 Å². The highest BCUT2D eigenvalue weighted by atomic mass is 32.2. The second-order valence-electron chi connectivity index (χ2n) is 7.02. The number of para-hydroxylation sites is 2. The van der Waals surface area contributed by atoms with Crippen LogP contribution in [0.4, 0.5) is 5.95 Å². The number of carbonyl (C=O) groups is 1. The average Bonchev–Trinajstić information content (AvgIpc) is 3.01. The van der Waals surface area contributed by atoms with Gasteiger partial charge < -0.3 is 4.98 Å². The second-order valence-corrected chi connectivity index (χ2v) is 8.68. The van der Waals surface area contributed by atoms with E-state index < -0.39 is 22.0 Å². The molecule has 8 heteroatoms.